The molecular formula is C52H34N4. The molecule has 11 aromatic rings. The van der Waals surface area contributed by atoms with Gasteiger partial charge in [-0.2, -0.15) is 0 Å². The van der Waals surface area contributed by atoms with Crippen molar-refractivity contribution in [3.8, 4) is 11.4 Å². The fourth-order valence-electron chi connectivity index (χ4n) is 9.35. The Balaban J connectivity index is 1.24. The Hall–Kier alpha value is -7.43. The number of aliphatic imine (C=N–C) groups is 1. The predicted octanol–water partition coefficient (Wildman–Crippen LogP) is 13.5. The molecule has 262 valence electrons. The average Bonchev–Trinajstić information content (AvgIpc) is 3.81. The van der Waals surface area contributed by atoms with Crippen LogP contribution in [0.2, 0.25) is 0 Å². The first-order chi connectivity index (χ1) is 27.8. The van der Waals surface area contributed by atoms with Crippen molar-refractivity contribution >= 4 is 82.2 Å². The van der Waals surface area contributed by atoms with Crippen LogP contribution in [0.3, 0.4) is 0 Å². The second-order valence-electron chi connectivity index (χ2n) is 14.7. The van der Waals surface area contributed by atoms with Crippen molar-refractivity contribution in [1.29, 1.82) is 0 Å². The molecule has 12 rings (SSSR count). The summed E-state index contributed by atoms with van der Waals surface area (Å²) in [7, 11) is 0. The van der Waals surface area contributed by atoms with Crippen molar-refractivity contribution in [2.75, 3.05) is 5.32 Å². The summed E-state index contributed by atoms with van der Waals surface area (Å²) >= 11 is 0. The summed E-state index contributed by atoms with van der Waals surface area (Å²) in [5.41, 5.74) is 12.3. The van der Waals surface area contributed by atoms with Crippen molar-refractivity contribution in [2.24, 2.45) is 4.99 Å². The monoisotopic (exact) mass is 714 g/mol. The molecule has 1 aliphatic heterocycles. The minimum atomic E-state index is -0.155. The Bertz CT molecular complexity index is 3390. The zero-order valence-electron chi connectivity index (χ0n) is 30.4. The van der Waals surface area contributed by atoms with Crippen LogP contribution < -0.4 is 5.32 Å². The number of anilines is 1. The van der Waals surface area contributed by atoms with Gasteiger partial charge in [-0.05, 0) is 81.2 Å². The smallest absolute Gasteiger partial charge is 0.0947 e. The second kappa shape index (κ2) is 12.0. The molecule has 0 amide bonds. The number of hydrogen-bond donors (Lipinski definition) is 1. The number of benzene rings is 9. The molecule has 2 aromatic heterocycles. The predicted molar refractivity (Wildman–Crippen MR) is 236 cm³/mol. The molecule has 0 fully saturated rings. The lowest BCUT2D eigenvalue weighted by molar-refractivity contribution is 1.01. The van der Waals surface area contributed by atoms with Crippen LogP contribution in [0.15, 0.2) is 199 Å². The minimum Gasteiger partial charge on any atom is -0.371 e. The molecule has 0 bridgehead atoms. The maximum absolute atomic E-state index is 5.29. The van der Waals surface area contributed by atoms with Gasteiger partial charge in [0.25, 0.3) is 0 Å². The van der Waals surface area contributed by atoms with Crippen LogP contribution in [0.1, 0.15) is 17.2 Å². The Kier molecular flexibility index (Phi) is 6.66. The highest BCUT2D eigenvalue weighted by Gasteiger charge is 2.28. The van der Waals surface area contributed by atoms with Gasteiger partial charge in [0.05, 0.1) is 45.2 Å². The van der Waals surface area contributed by atoms with E-state index in [4.69, 9.17) is 4.99 Å². The second-order valence-corrected chi connectivity index (χ2v) is 14.7. The maximum Gasteiger partial charge on any atom is 0.0947 e. The summed E-state index contributed by atoms with van der Waals surface area (Å²) < 4.78 is 5.02. The van der Waals surface area contributed by atoms with E-state index in [-0.39, 0.29) is 6.04 Å². The quantitative estimate of drug-likeness (QED) is 0.193. The van der Waals surface area contributed by atoms with Crippen LogP contribution >= 0.6 is 0 Å². The lowest BCUT2D eigenvalue weighted by Gasteiger charge is -2.28. The zero-order chi connectivity index (χ0) is 36.7. The van der Waals surface area contributed by atoms with Gasteiger partial charge in [0.2, 0.25) is 0 Å². The van der Waals surface area contributed by atoms with Crippen LogP contribution in [-0.4, -0.2) is 14.8 Å². The molecule has 3 heterocycles. The van der Waals surface area contributed by atoms with Crippen molar-refractivity contribution in [3.05, 3.63) is 205 Å². The van der Waals surface area contributed by atoms with Crippen LogP contribution in [-0.2, 0) is 0 Å². The van der Waals surface area contributed by atoms with Gasteiger partial charge < -0.3 is 14.5 Å². The minimum absolute atomic E-state index is 0.155. The molecule has 0 spiro atoms. The van der Waals surface area contributed by atoms with E-state index in [1.807, 2.05) is 0 Å². The van der Waals surface area contributed by atoms with Crippen LogP contribution in [0.5, 0.6) is 0 Å². The lowest BCUT2D eigenvalue weighted by Crippen LogP contribution is -2.25. The fraction of sp³-hybridized carbons (Fsp3) is 0.0192. The first-order valence-electron chi connectivity index (χ1n) is 19.3. The molecule has 1 N–H and O–H groups in total. The molecule has 4 nitrogen and oxygen atoms in total. The molecule has 0 saturated carbocycles. The number of nitrogens with zero attached hydrogens (tertiary/aromatic N) is 3. The lowest BCUT2D eigenvalue weighted by atomic mass is 9.94. The molecule has 1 aliphatic rings. The molecule has 4 heteroatoms. The third-order valence-corrected chi connectivity index (χ3v) is 11.7. The number of aromatic nitrogens is 2. The van der Waals surface area contributed by atoms with Crippen molar-refractivity contribution in [2.45, 2.75) is 6.04 Å². The van der Waals surface area contributed by atoms with E-state index in [1.165, 1.54) is 65.2 Å². The summed E-state index contributed by atoms with van der Waals surface area (Å²) in [5, 5.41) is 13.9. The van der Waals surface area contributed by atoms with Gasteiger partial charge in [-0.25, -0.2) is 4.99 Å². The van der Waals surface area contributed by atoms with E-state index in [0.717, 1.165) is 39.6 Å². The number of fused-ring (bicyclic) bond motifs is 13. The first kappa shape index (κ1) is 31.0. The SMILES string of the molecule is c1ccc(C2=Nc3ccccc3NC2c2cccc(-n3c4ccc5ccccc5c4c4c5ccccc5c5c6ccccc6n(-c6ccccc6)c5c43)c2)cc1. The zero-order valence-corrected chi connectivity index (χ0v) is 30.4. The van der Waals surface area contributed by atoms with E-state index in [2.05, 4.69) is 209 Å². The van der Waals surface area contributed by atoms with Gasteiger partial charge in [0, 0.05) is 32.9 Å². The summed E-state index contributed by atoms with van der Waals surface area (Å²) in [6.45, 7) is 0. The van der Waals surface area contributed by atoms with E-state index in [0.29, 0.717) is 0 Å². The molecule has 0 saturated heterocycles. The third kappa shape index (κ3) is 4.44. The van der Waals surface area contributed by atoms with E-state index in [9.17, 15) is 0 Å². The average molecular weight is 715 g/mol. The van der Waals surface area contributed by atoms with Crippen molar-refractivity contribution in [1.82, 2.24) is 9.13 Å². The molecule has 56 heavy (non-hydrogen) atoms. The molecule has 0 aliphatic carbocycles. The first-order valence-corrected chi connectivity index (χ1v) is 19.3. The highest BCUT2D eigenvalue weighted by atomic mass is 15.1. The molecule has 0 radical (unpaired) electrons. The maximum atomic E-state index is 5.29. The highest BCUT2D eigenvalue weighted by Crippen LogP contribution is 2.48. The van der Waals surface area contributed by atoms with Gasteiger partial charge in [-0.15, -0.1) is 0 Å². The molecule has 1 atom stereocenters. The topological polar surface area (TPSA) is 34.2 Å². The summed E-state index contributed by atoms with van der Waals surface area (Å²) in [4.78, 5) is 5.29. The number of rotatable bonds is 4. The number of para-hydroxylation sites is 4. The Morgan fingerprint density at radius 1 is 0.429 bits per heavy atom. The largest absolute Gasteiger partial charge is 0.371 e. The van der Waals surface area contributed by atoms with Gasteiger partial charge >= 0.3 is 0 Å². The van der Waals surface area contributed by atoms with Gasteiger partial charge in [-0.1, -0.05) is 146 Å². The summed E-state index contributed by atoms with van der Waals surface area (Å²) in [5.74, 6) is 0. The van der Waals surface area contributed by atoms with Gasteiger partial charge in [-0.3, -0.25) is 0 Å². The summed E-state index contributed by atoms with van der Waals surface area (Å²) in [6, 6.07) is 70.0. The normalized spacial score (nSPS) is 14.1. The fourth-order valence-corrected chi connectivity index (χ4v) is 9.35. The highest BCUT2D eigenvalue weighted by molar-refractivity contribution is 6.39. The summed E-state index contributed by atoms with van der Waals surface area (Å²) in [6.07, 6.45) is 0. The van der Waals surface area contributed by atoms with Crippen LogP contribution in [0.25, 0.3) is 76.5 Å². The third-order valence-electron chi connectivity index (χ3n) is 11.7. The van der Waals surface area contributed by atoms with E-state index >= 15 is 0 Å². The number of nitrogens with one attached hydrogen (secondary N) is 1. The van der Waals surface area contributed by atoms with Crippen LogP contribution in [0, 0.1) is 0 Å². The van der Waals surface area contributed by atoms with Crippen LogP contribution in [0.4, 0.5) is 11.4 Å². The standard InChI is InChI=1S/C52H34N4/c1-3-17-34(18-4-1)49-50(54-43-28-13-12-27-42(43)53-49)35-19-15-22-37(32-35)56-45-31-30-33-16-7-8-23-38(33)47(45)48-40-25-10-9-24-39(40)46-41-26-11-14-29-44(41)55(51(46)52(48)56)36-20-5-2-6-21-36/h1-32,50,54H. The Morgan fingerprint density at radius 3 is 1.89 bits per heavy atom. The van der Waals surface area contributed by atoms with E-state index < -0.39 is 0 Å². The molecule has 1 unspecified atom stereocenters. The van der Waals surface area contributed by atoms with Crippen molar-refractivity contribution in [3.63, 3.8) is 0 Å². The molecular weight excluding hydrogens is 681 g/mol. The molecule has 9 aromatic carbocycles. The van der Waals surface area contributed by atoms with Gasteiger partial charge in [0.15, 0.2) is 0 Å². The van der Waals surface area contributed by atoms with Gasteiger partial charge in [0.1, 0.15) is 0 Å². The van der Waals surface area contributed by atoms with E-state index in [1.54, 1.807) is 0 Å². The van der Waals surface area contributed by atoms with Crippen molar-refractivity contribution < 1.29 is 0 Å². The Morgan fingerprint density at radius 2 is 1.05 bits per heavy atom. The Labute approximate surface area is 323 Å². The number of hydrogen-bond acceptors (Lipinski definition) is 2.